The number of anilines is 1. The number of imidazole rings is 1. The lowest BCUT2D eigenvalue weighted by Gasteiger charge is -2.43. The Balaban J connectivity index is 1.71. The molecule has 0 spiro atoms. The molecule has 3 heterocycles. The maximum Gasteiger partial charge on any atom is 0.408 e. The smallest absolute Gasteiger partial charge is 0.408 e. The summed E-state index contributed by atoms with van der Waals surface area (Å²) in [6.45, 7) is 7.98. The molecule has 35 heavy (non-hydrogen) atoms. The van der Waals surface area contributed by atoms with Crippen molar-refractivity contribution in [1.29, 1.82) is 0 Å². The molecule has 0 aliphatic carbocycles. The molecule has 1 saturated heterocycles. The van der Waals surface area contributed by atoms with E-state index in [4.69, 9.17) is 9.47 Å². The lowest BCUT2D eigenvalue weighted by molar-refractivity contribution is -0.185. The van der Waals surface area contributed by atoms with E-state index in [2.05, 4.69) is 35.9 Å². The van der Waals surface area contributed by atoms with Crippen molar-refractivity contribution in [3.8, 4) is 0 Å². The second kappa shape index (κ2) is 10.7. The van der Waals surface area contributed by atoms with Crippen LogP contribution in [0.1, 0.15) is 34.6 Å². The molecule has 0 saturated carbocycles. The number of aromatic amines is 1. The highest BCUT2D eigenvalue weighted by molar-refractivity contribution is 5.86. The number of carbonyl (C=O) groups excluding carboxylic acids is 2. The van der Waals surface area contributed by atoms with Gasteiger partial charge in [0.05, 0.1) is 19.0 Å². The molecule has 0 radical (unpaired) electrons. The highest BCUT2D eigenvalue weighted by Crippen LogP contribution is 2.25. The number of aliphatic hydroxyl groups is 3. The number of H-pyrrole nitrogens is 1. The van der Waals surface area contributed by atoms with Crippen LogP contribution in [-0.2, 0) is 14.3 Å². The largest absolute Gasteiger partial charge is 0.444 e. The molecule has 3 rings (SSSR count). The number of hydrogen-bond donors (Lipinski definition) is 7. The first kappa shape index (κ1) is 26.5. The van der Waals surface area contributed by atoms with Crippen LogP contribution in [0, 0.1) is 5.92 Å². The Labute approximate surface area is 201 Å². The van der Waals surface area contributed by atoms with Gasteiger partial charge in [-0.15, -0.1) is 0 Å². The maximum atomic E-state index is 13.0. The number of aromatic nitrogens is 4. The molecule has 0 aromatic carbocycles. The van der Waals surface area contributed by atoms with Gasteiger partial charge in [0.25, 0.3) is 0 Å². The summed E-state index contributed by atoms with van der Waals surface area (Å²) in [5.41, 5.74) is 0.0887. The van der Waals surface area contributed by atoms with Crippen LogP contribution in [-0.4, -0.2) is 96.1 Å². The fraction of sp³-hybridized carbons (Fsp3) is 0.667. The van der Waals surface area contributed by atoms with Crippen molar-refractivity contribution >= 4 is 29.0 Å². The van der Waals surface area contributed by atoms with Gasteiger partial charge < -0.3 is 45.7 Å². The summed E-state index contributed by atoms with van der Waals surface area (Å²) >= 11 is 0. The van der Waals surface area contributed by atoms with Gasteiger partial charge in [0, 0.05) is 0 Å². The van der Waals surface area contributed by atoms with Crippen molar-refractivity contribution in [3.63, 3.8) is 0 Å². The van der Waals surface area contributed by atoms with Gasteiger partial charge in [-0.25, -0.2) is 19.7 Å². The number of ether oxygens (including phenoxy) is 2. The summed E-state index contributed by atoms with van der Waals surface area (Å²) in [5, 5.41) is 39.4. The number of nitrogens with one attached hydrogen (secondary N) is 4. The fourth-order valence-corrected chi connectivity index (χ4v) is 3.65. The van der Waals surface area contributed by atoms with Crippen LogP contribution in [0.5, 0.6) is 0 Å². The van der Waals surface area contributed by atoms with Crippen molar-refractivity contribution < 1.29 is 34.4 Å². The van der Waals surface area contributed by atoms with Gasteiger partial charge in [-0.2, -0.15) is 0 Å². The minimum atomic E-state index is -1.52. The first-order chi connectivity index (χ1) is 16.4. The van der Waals surface area contributed by atoms with E-state index in [1.165, 1.54) is 12.7 Å². The zero-order valence-corrected chi connectivity index (χ0v) is 20.2. The molecule has 0 unspecified atom stereocenters. The zero-order chi connectivity index (χ0) is 25.9. The van der Waals surface area contributed by atoms with E-state index >= 15 is 0 Å². The van der Waals surface area contributed by atoms with Crippen LogP contribution in [0.15, 0.2) is 12.7 Å². The monoisotopic (exact) mass is 495 g/mol. The molecule has 14 nitrogen and oxygen atoms in total. The fourth-order valence-electron chi connectivity index (χ4n) is 3.65. The summed E-state index contributed by atoms with van der Waals surface area (Å²) in [7, 11) is 0. The predicted octanol–water partition coefficient (Wildman–Crippen LogP) is -0.762. The van der Waals surface area contributed by atoms with Crippen molar-refractivity contribution in [3.05, 3.63) is 12.7 Å². The molecule has 2 aromatic heterocycles. The molecular formula is C21H33N7O7. The van der Waals surface area contributed by atoms with E-state index in [9.17, 15) is 24.9 Å². The molecule has 2 aromatic rings. The van der Waals surface area contributed by atoms with Crippen LogP contribution >= 0.6 is 0 Å². The van der Waals surface area contributed by atoms with Crippen molar-refractivity contribution in [2.24, 2.45) is 5.92 Å². The predicted molar refractivity (Wildman–Crippen MR) is 123 cm³/mol. The number of amides is 2. The van der Waals surface area contributed by atoms with Crippen LogP contribution in [0.3, 0.4) is 0 Å². The van der Waals surface area contributed by atoms with E-state index in [1.54, 1.807) is 34.6 Å². The number of alkyl carbamates (subject to hydrolysis) is 1. The van der Waals surface area contributed by atoms with Crippen LogP contribution in [0.4, 0.5) is 10.6 Å². The van der Waals surface area contributed by atoms with Crippen molar-refractivity contribution in [2.45, 2.75) is 76.8 Å². The molecule has 1 fully saturated rings. The molecule has 194 valence electrons. The zero-order valence-electron chi connectivity index (χ0n) is 20.2. The van der Waals surface area contributed by atoms with Gasteiger partial charge in [-0.3, -0.25) is 4.79 Å². The second-order valence-electron chi connectivity index (χ2n) is 9.63. The van der Waals surface area contributed by atoms with Crippen LogP contribution in [0.2, 0.25) is 0 Å². The number of rotatable bonds is 7. The Morgan fingerprint density at radius 2 is 1.91 bits per heavy atom. The third-order valence-electron chi connectivity index (χ3n) is 5.36. The van der Waals surface area contributed by atoms with E-state index in [1.807, 2.05) is 0 Å². The quantitative estimate of drug-likeness (QED) is 0.254. The summed E-state index contributed by atoms with van der Waals surface area (Å²) in [6.07, 6.45) is -3.35. The normalized spacial score (nSPS) is 25.8. The van der Waals surface area contributed by atoms with Gasteiger partial charge in [-0.05, 0) is 26.7 Å². The number of hydrogen-bond acceptors (Lipinski definition) is 11. The third-order valence-corrected chi connectivity index (χ3v) is 5.36. The molecule has 2 amide bonds. The Bertz CT molecular complexity index is 1020. The lowest BCUT2D eigenvalue weighted by atomic mass is 9.94. The molecule has 0 bridgehead atoms. The Kier molecular flexibility index (Phi) is 8.10. The Morgan fingerprint density at radius 1 is 1.20 bits per heavy atom. The van der Waals surface area contributed by atoms with E-state index < -0.39 is 60.8 Å². The maximum absolute atomic E-state index is 13.0. The van der Waals surface area contributed by atoms with E-state index in [0.29, 0.717) is 11.2 Å². The van der Waals surface area contributed by atoms with Gasteiger partial charge in [0.1, 0.15) is 41.8 Å². The molecule has 6 atom stereocenters. The second-order valence-corrected chi connectivity index (χ2v) is 9.63. The summed E-state index contributed by atoms with van der Waals surface area (Å²) in [4.78, 5) is 40.2. The van der Waals surface area contributed by atoms with Crippen LogP contribution < -0.4 is 16.0 Å². The summed E-state index contributed by atoms with van der Waals surface area (Å²) in [5.74, 6) is -0.694. The summed E-state index contributed by atoms with van der Waals surface area (Å²) in [6, 6.07) is -2.17. The first-order valence-corrected chi connectivity index (χ1v) is 11.2. The molecule has 7 N–H and O–H groups in total. The van der Waals surface area contributed by atoms with Crippen LogP contribution in [0.25, 0.3) is 11.2 Å². The minimum Gasteiger partial charge on any atom is -0.444 e. The molecule has 14 heteroatoms. The number of fused-ring (bicyclic) bond motifs is 1. The molecule has 1 aliphatic rings. The highest BCUT2D eigenvalue weighted by Gasteiger charge is 2.46. The first-order valence-electron chi connectivity index (χ1n) is 11.2. The average molecular weight is 496 g/mol. The number of aliphatic hydroxyl groups excluding tert-OH is 3. The highest BCUT2D eigenvalue weighted by atomic mass is 16.6. The summed E-state index contributed by atoms with van der Waals surface area (Å²) < 4.78 is 11.0. The number of nitrogens with zero attached hydrogens (tertiary/aromatic N) is 3. The van der Waals surface area contributed by atoms with Crippen molar-refractivity contribution in [1.82, 2.24) is 30.6 Å². The van der Waals surface area contributed by atoms with E-state index in [0.717, 1.165) is 0 Å². The van der Waals surface area contributed by atoms with Gasteiger partial charge >= 0.3 is 6.09 Å². The minimum absolute atomic E-state index is 0.268. The molecular weight excluding hydrogens is 462 g/mol. The lowest BCUT2D eigenvalue weighted by Crippen LogP contribution is -2.67. The standard InChI is InChI=1S/C21H33N7O7/c1-9(2)11(27-20(33)35-21(3,4)5)18(32)26-12-10(6-29)34-19(15(31)14(12)30)28-17-13-16(23-7-22-13)24-8-25-17/h7-12,14-15,19,29-31H,6H2,1-5H3,(H,26,32)(H,27,33)(H2,22,23,24,25,28)/t10-,11-,12-,14+,15-,19-/m0/s1. The Hall–Kier alpha value is -3.07. The SMILES string of the molecule is CC(C)[C@H](NC(=O)OC(C)(C)C)C(=O)N[C@@H]1[C@@H](O)[C@H](O)[C@@H](Nc2ncnc3nc[nH]c23)O[C@H]1CO. The topological polar surface area (TPSA) is 204 Å². The number of carbonyl (C=O) groups is 2. The van der Waals surface area contributed by atoms with Gasteiger partial charge in [0.2, 0.25) is 5.91 Å². The van der Waals surface area contributed by atoms with Gasteiger partial charge in [0.15, 0.2) is 17.7 Å². The average Bonchev–Trinajstić information content (AvgIpc) is 3.25. The molecule has 1 aliphatic heterocycles. The Morgan fingerprint density at radius 3 is 2.54 bits per heavy atom. The van der Waals surface area contributed by atoms with Gasteiger partial charge in [-0.1, -0.05) is 13.8 Å². The van der Waals surface area contributed by atoms with E-state index in [-0.39, 0.29) is 11.7 Å². The van der Waals surface area contributed by atoms with Crippen molar-refractivity contribution in [2.75, 3.05) is 11.9 Å². The third kappa shape index (κ3) is 6.33.